The number of carbonyl (C=O) groups excluding carboxylic acids is 1. The molecule has 6 nitrogen and oxygen atoms in total. The molecule has 2 N–H and O–H groups in total. The molecule has 1 aromatic rings. The second-order valence-corrected chi connectivity index (χ2v) is 8.41. The number of primary amides is 1. The van der Waals surface area contributed by atoms with E-state index in [2.05, 4.69) is 0 Å². The third kappa shape index (κ3) is 3.05. The Balaban J connectivity index is 1.67. The van der Waals surface area contributed by atoms with Gasteiger partial charge in [-0.05, 0) is 43.2 Å². The largest absolute Gasteiger partial charge is 0.368 e. The summed E-state index contributed by atoms with van der Waals surface area (Å²) in [5.74, 6) is -1.24. The first-order valence-electron chi connectivity index (χ1n) is 8.00. The van der Waals surface area contributed by atoms with Gasteiger partial charge in [0.25, 0.3) is 0 Å². The maximum Gasteiger partial charge on any atom is 0.245 e. The normalized spacial score (nSPS) is 23.8. The van der Waals surface area contributed by atoms with Crippen molar-refractivity contribution in [2.75, 3.05) is 19.7 Å². The minimum atomic E-state index is -3.83. The SMILES string of the molecule is NC(=O)COC1CCC12CCN(S(=O)(=O)c1ccccc1F)CC2. The van der Waals surface area contributed by atoms with E-state index in [4.69, 9.17) is 10.5 Å². The Bertz CT molecular complexity index is 729. The predicted molar refractivity (Wildman–Crippen MR) is 85.0 cm³/mol. The first-order valence-corrected chi connectivity index (χ1v) is 9.44. The zero-order valence-electron chi connectivity index (χ0n) is 13.3. The van der Waals surface area contributed by atoms with E-state index in [9.17, 15) is 17.6 Å². The van der Waals surface area contributed by atoms with Gasteiger partial charge in [0, 0.05) is 13.1 Å². The number of benzene rings is 1. The maximum absolute atomic E-state index is 13.8. The second kappa shape index (κ2) is 6.42. The second-order valence-electron chi connectivity index (χ2n) is 6.50. The van der Waals surface area contributed by atoms with Crippen LogP contribution in [0.2, 0.25) is 0 Å². The molecule has 0 radical (unpaired) electrons. The van der Waals surface area contributed by atoms with Gasteiger partial charge in [-0.25, -0.2) is 12.8 Å². The summed E-state index contributed by atoms with van der Waals surface area (Å²) >= 11 is 0. The number of sulfonamides is 1. The fourth-order valence-corrected chi connectivity index (χ4v) is 5.16. The minimum Gasteiger partial charge on any atom is -0.368 e. The smallest absolute Gasteiger partial charge is 0.245 e. The lowest BCUT2D eigenvalue weighted by molar-refractivity contribution is -0.147. The number of halogens is 1. The quantitative estimate of drug-likeness (QED) is 0.860. The number of nitrogens with zero attached hydrogens (tertiary/aromatic N) is 1. The molecule has 0 bridgehead atoms. The molecule has 132 valence electrons. The third-order valence-corrected chi connectivity index (χ3v) is 7.12. The molecule has 24 heavy (non-hydrogen) atoms. The van der Waals surface area contributed by atoms with Gasteiger partial charge < -0.3 is 10.5 Å². The lowest BCUT2D eigenvalue weighted by Gasteiger charge is -2.53. The number of ether oxygens (including phenoxy) is 1. The molecule has 2 aliphatic rings. The van der Waals surface area contributed by atoms with Crippen molar-refractivity contribution in [3.8, 4) is 0 Å². The van der Waals surface area contributed by atoms with E-state index in [-0.39, 0.29) is 23.0 Å². The van der Waals surface area contributed by atoms with E-state index in [0.717, 1.165) is 18.9 Å². The van der Waals surface area contributed by atoms with Crippen molar-refractivity contribution in [2.24, 2.45) is 11.1 Å². The Morgan fingerprint density at radius 3 is 2.50 bits per heavy atom. The van der Waals surface area contributed by atoms with Gasteiger partial charge in [-0.3, -0.25) is 4.79 Å². The summed E-state index contributed by atoms with van der Waals surface area (Å²) in [6.45, 7) is 0.545. The molecule has 1 saturated carbocycles. The first kappa shape index (κ1) is 17.3. The van der Waals surface area contributed by atoms with Gasteiger partial charge in [-0.15, -0.1) is 0 Å². The molecule has 1 atom stereocenters. The molecule has 1 aliphatic heterocycles. The van der Waals surface area contributed by atoms with Gasteiger partial charge in [-0.1, -0.05) is 12.1 Å². The highest BCUT2D eigenvalue weighted by Gasteiger charge is 2.50. The molecule has 1 heterocycles. The molecule has 1 spiro atoms. The van der Waals surface area contributed by atoms with Crippen molar-refractivity contribution in [2.45, 2.75) is 36.7 Å². The van der Waals surface area contributed by atoms with Crippen LogP contribution in [0.25, 0.3) is 0 Å². The van der Waals surface area contributed by atoms with Gasteiger partial charge >= 0.3 is 0 Å². The summed E-state index contributed by atoms with van der Waals surface area (Å²) in [5, 5.41) is 0. The number of hydrogen-bond acceptors (Lipinski definition) is 4. The Morgan fingerprint density at radius 1 is 1.29 bits per heavy atom. The van der Waals surface area contributed by atoms with E-state index < -0.39 is 21.7 Å². The molecule has 2 fully saturated rings. The molecule has 1 saturated heterocycles. The highest BCUT2D eigenvalue weighted by molar-refractivity contribution is 7.89. The van der Waals surface area contributed by atoms with Crippen molar-refractivity contribution in [3.05, 3.63) is 30.1 Å². The van der Waals surface area contributed by atoms with E-state index in [0.29, 0.717) is 25.9 Å². The van der Waals surface area contributed by atoms with Crippen LogP contribution in [-0.2, 0) is 19.6 Å². The Labute approximate surface area is 140 Å². The summed E-state index contributed by atoms with van der Waals surface area (Å²) in [6, 6.07) is 5.42. The average molecular weight is 356 g/mol. The lowest BCUT2D eigenvalue weighted by Crippen LogP contribution is -2.54. The summed E-state index contributed by atoms with van der Waals surface area (Å²) in [6.07, 6.45) is 3.04. The topological polar surface area (TPSA) is 89.7 Å². The van der Waals surface area contributed by atoms with Crippen molar-refractivity contribution >= 4 is 15.9 Å². The monoisotopic (exact) mass is 356 g/mol. The van der Waals surface area contributed by atoms with Gasteiger partial charge in [0.2, 0.25) is 15.9 Å². The Kier molecular flexibility index (Phi) is 4.63. The zero-order chi connectivity index (χ0) is 17.4. The van der Waals surface area contributed by atoms with Crippen LogP contribution in [-0.4, -0.2) is 44.4 Å². The maximum atomic E-state index is 13.8. The van der Waals surface area contributed by atoms with Crippen molar-refractivity contribution in [3.63, 3.8) is 0 Å². The molecule has 1 unspecified atom stereocenters. The highest BCUT2D eigenvalue weighted by Crippen LogP contribution is 2.51. The molecule has 0 aromatic heterocycles. The molecular formula is C16H21FN2O4S. The van der Waals surface area contributed by atoms with Crippen molar-refractivity contribution in [1.82, 2.24) is 4.31 Å². The van der Waals surface area contributed by atoms with E-state index in [1.807, 2.05) is 0 Å². The van der Waals surface area contributed by atoms with Gasteiger partial charge in [0.05, 0.1) is 6.10 Å². The standard InChI is InChI=1S/C16H21FN2O4S/c17-12-3-1-2-4-13(12)24(21,22)19-9-7-16(8-10-19)6-5-14(16)23-11-15(18)20/h1-4,14H,5-11H2,(H2,18,20). The van der Waals surface area contributed by atoms with Crippen LogP contribution in [0.15, 0.2) is 29.2 Å². The van der Waals surface area contributed by atoms with Gasteiger partial charge in [0.15, 0.2) is 0 Å². The van der Waals surface area contributed by atoms with Crippen molar-refractivity contribution in [1.29, 1.82) is 0 Å². The third-order valence-electron chi connectivity index (χ3n) is 5.19. The molecule has 8 heteroatoms. The van der Waals surface area contributed by atoms with Gasteiger partial charge in [-0.2, -0.15) is 4.31 Å². The van der Waals surface area contributed by atoms with Crippen LogP contribution < -0.4 is 5.73 Å². The Morgan fingerprint density at radius 2 is 1.96 bits per heavy atom. The van der Waals surface area contributed by atoms with Crippen LogP contribution in [0.5, 0.6) is 0 Å². The van der Waals surface area contributed by atoms with Crippen LogP contribution in [0.1, 0.15) is 25.7 Å². The van der Waals surface area contributed by atoms with Crippen LogP contribution in [0, 0.1) is 11.2 Å². The number of amides is 1. The predicted octanol–water partition coefficient (Wildman–Crippen LogP) is 1.26. The summed E-state index contributed by atoms with van der Waals surface area (Å²) in [7, 11) is -3.83. The molecule has 1 aliphatic carbocycles. The van der Waals surface area contributed by atoms with Crippen LogP contribution >= 0.6 is 0 Å². The van der Waals surface area contributed by atoms with Crippen LogP contribution in [0.4, 0.5) is 4.39 Å². The lowest BCUT2D eigenvalue weighted by atomic mass is 9.61. The van der Waals surface area contributed by atoms with E-state index >= 15 is 0 Å². The first-order chi connectivity index (χ1) is 11.3. The number of nitrogens with two attached hydrogens (primary N) is 1. The number of carbonyl (C=O) groups is 1. The Hall–Kier alpha value is -1.51. The summed E-state index contributed by atoms with van der Waals surface area (Å²) in [4.78, 5) is 10.6. The number of piperidine rings is 1. The van der Waals surface area contributed by atoms with E-state index in [1.165, 1.54) is 22.5 Å². The molecule has 3 rings (SSSR count). The minimum absolute atomic E-state index is 0.0525. The summed E-state index contributed by atoms with van der Waals surface area (Å²) in [5.41, 5.74) is 5.02. The summed E-state index contributed by atoms with van der Waals surface area (Å²) < 4.78 is 46.0. The zero-order valence-corrected chi connectivity index (χ0v) is 14.1. The highest BCUT2D eigenvalue weighted by atomic mass is 32.2. The average Bonchev–Trinajstić information content (AvgIpc) is 2.54. The fourth-order valence-electron chi connectivity index (χ4n) is 3.65. The van der Waals surface area contributed by atoms with E-state index in [1.54, 1.807) is 0 Å². The van der Waals surface area contributed by atoms with Crippen molar-refractivity contribution < 1.29 is 22.3 Å². The van der Waals surface area contributed by atoms with Crippen LogP contribution in [0.3, 0.4) is 0 Å². The molecule has 1 aromatic carbocycles. The fraction of sp³-hybridized carbons (Fsp3) is 0.562. The number of rotatable bonds is 5. The van der Waals surface area contributed by atoms with Gasteiger partial charge in [0.1, 0.15) is 17.3 Å². The molecule has 1 amide bonds. The number of hydrogen-bond donors (Lipinski definition) is 1. The molecular weight excluding hydrogens is 335 g/mol.